The van der Waals surface area contributed by atoms with Gasteiger partial charge in [0.15, 0.2) is 0 Å². The van der Waals surface area contributed by atoms with Crippen molar-refractivity contribution in [1.29, 1.82) is 0 Å². The smallest absolute Gasteiger partial charge is 0.0714 e. The van der Waals surface area contributed by atoms with Crippen LogP contribution < -0.4 is 4.90 Å². The van der Waals surface area contributed by atoms with E-state index in [0.717, 1.165) is 17.1 Å². The third kappa shape index (κ3) is 6.18. The first kappa shape index (κ1) is 41.4. The lowest BCUT2D eigenvalue weighted by Crippen LogP contribution is -2.28. The summed E-state index contributed by atoms with van der Waals surface area (Å²) >= 11 is 1.87. The minimum absolute atomic E-state index is 0.417. The molecule has 12 aromatic rings. The van der Waals surface area contributed by atoms with Crippen molar-refractivity contribution < 1.29 is 0 Å². The Bertz CT molecular complexity index is 3950. The highest BCUT2D eigenvalue weighted by Crippen LogP contribution is 2.59. The molecule has 0 saturated heterocycles. The normalized spacial score (nSPS) is 15.0. The predicted octanol–water partition coefficient (Wildman–Crippen LogP) is 18.6. The SMILES string of the molecule is CC1(c2ccccc2)c2cc(N(c3ccc(-c4cccc5sc6ccccc6c45)cc3)c3ccc4c(c3)C(c3ccccc3)(c3ccccc3)c3ccccc3-4)ccc2-c2c(-c3ccccc3)cccc21. The molecule has 2 aliphatic rings. The lowest BCUT2D eigenvalue weighted by atomic mass is 9.67. The molecule has 1 aromatic heterocycles. The molecule has 0 saturated carbocycles. The van der Waals surface area contributed by atoms with Crippen LogP contribution in [-0.4, -0.2) is 0 Å². The van der Waals surface area contributed by atoms with Gasteiger partial charge in [0.2, 0.25) is 0 Å². The van der Waals surface area contributed by atoms with Gasteiger partial charge in [0.05, 0.1) is 5.41 Å². The van der Waals surface area contributed by atoms with Crippen LogP contribution in [0, 0.1) is 0 Å². The van der Waals surface area contributed by atoms with Gasteiger partial charge in [-0.15, -0.1) is 11.3 Å². The molecule has 2 aliphatic carbocycles. The fourth-order valence-electron chi connectivity index (χ4n) is 12.5. The predicted molar refractivity (Wildman–Crippen MR) is 300 cm³/mol. The fraction of sp³-hybridized carbons (Fsp3) is 0.0435. The van der Waals surface area contributed by atoms with Gasteiger partial charge in [-0.25, -0.2) is 0 Å². The molecule has 0 N–H and O–H groups in total. The molecule has 0 amide bonds. The summed E-state index contributed by atoms with van der Waals surface area (Å²) in [6.07, 6.45) is 0. The Morgan fingerprint density at radius 1 is 0.324 bits per heavy atom. The number of hydrogen-bond acceptors (Lipinski definition) is 2. The van der Waals surface area contributed by atoms with Crippen molar-refractivity contribution in [1.82, 2.24) is 0 Å². The van der Waals surface area contributed by atoms with Crippen LogP contribution in [0.25, 0.3) is 64.7 Å². The number of benzene rings is 11. The van der Waals surface area contributed by atoms with Gasteiger partial charge in [0, 0.05) is 42.6 Å². The molecule has 0 fully saturated rings. The first-order valence-corrected chi connectivity index (χ1v) is 25.5. The van der Waals surface area contributed by atoms with Gasteiger partial charge in [0.1, 0.15) is 0 Å². The summed E-state index contributed by atoms with van der Waals surface area (Å²) in [6, 6.07) is 99.5. The molecule has 0 bridgehead atoms. The molecule has 1 unspecified atom stereocenters. The largest absolute Gasteiger partial charge is 0.310 e. The fourth-order valence-corrected chi connectivity index (χ4v) is 13.6. The number of anilines is 3. The highest BCUT2D eigenvalue weighted by molar-refractivity contribution is 7.25. The van der Waals surface area contributed by atoms with Crippen molar-refractivity contribution in [3.05, 3.63) is 306 Å². The van der Waals surface area contributed by atoms with Crippen molar-refractivity contribution in [2.45, 2.75) is 17.8 Å². The van der Waals surface area contributed by atoms with E-state index in [1.165, 1.54) is 104 Å². The Kier molecular flexibility index (Phi) is 9.49. The van der Waals surface area contributed by atoms with E-state index in [1.54, 1.807) is 0 Å². The van der Waals surface area contributed by atoms with Crippen molar-refractivity contribution in [2.24, 2.45) is 0 Å². The van der Waals surface area contributed by atoms with Gasteiger partial charge in [-0.2, -0.15) is 0 Å². The Morgan fingerprint density at radius 3 is 1.54 bits per heavy atom. The Morgan fingerprint density at radius 2 is 0.817 bits per heavy atom. The highest BCUT2D eigenvalue weighted by Gasteiger charge is 2.47. The summed E-state index contributed by atoms with van der Waals surface area (Å²) < 4.78 is 2.63. The van der Waals surface area contributed by atoms with Crippen LogP contribution in [0.3, 0.4) is 0 Å². The maximum atomic E-state index is 2.50. The van der Waals surface area contributed by atoms with E-state index in [9.17, 15) is 0 Å². The summed E-state index contributed by atoms with van der Waals surface area (Å²) in [5, 5.41) is 2.63. The van der Waals surface area contributed by atoms with Crippen molar-refractivity contribution in [3.8, 4) is 44.5 Å². The quantitative estimate of drug-likeness (QED) is 0.147. The Balaban J connectivity index is 1.01. The third-order valence-corrected chi connectivity index (χ3v) is 16.8. The molecule has 1 nitrogen and oxygen atoms in total. The van der Waals surface area contributed by atoms with Crippen LogP contribution in [0.5, 0.6) is 0 Å². The third-order valence-electron chi connectivity index (χ3n) is 15.6. The van der Waals surface area contributed by atoms with E-state index in [4.69, 9.17) is 0 Å². The second kappa shape index (κ2) is 16.3. The van der Waals surface area contributed by atoms with Crippen LogP contribution >= 0.6 is 11.3 Å². The molecule has 11 aromatic carbocycles. The summed E-state index contributed by atoms with van der Waals surface area (Å²) in [7, 11) is 0. The number of rotatable bonds is 8. The molecule has 71 heavy (non-hydrogen) atoms. The van der Waals surface area contributed by atoms with E-state index in [1.807, 2.05) is 11.3 Å². The van der Waals surface area contributed by atoms with Crippen molar-refractivity contribution in [3.63, 3.8) is 0 Å². The van der Waals surface area contributed by atoms with Crippen molar-refractivity contribution in [2.75, 3.05) is 4.90 Å². The van der Waals surface area contributed by atoms with E-state index in [0.29, 0.717) is 0 Å². The molecular weight excluding hydrogens is 875 g/mol. The zero-order valence-electron chi connectivity index (χ0n) is 39.3. The van der Waals surface area contributed by atoms with Gasteiger partial charge in [-0.3, -0.25) is 0 Å². The average molecular weight is 922 g/mol. The van der Waals surface area contributed by atoms with Crippen LogP contribution in [0.2, 0.25) is 0 Å². The Labute approximate surface area is 419 Å². The first-order chi connectivity index (χ1) is 35.1. The minimum Gasteiger partial charge on any atom is -0.310 e. The van der Waals surface area contributed by atoms with Gasteiger partial charge in [-0.1, -0.05) is 218 Å². The van der Waals surface area contributed by atoms with Gasteiger partial charge >= 0.3 is 0 Å². The zero-order valence-corrected chi connectivity index (χ0v) is 40.1. The molecule has 14 rings (SSSR count). The van der Waals surface area contributed by atoms with E-state index >= 15 is 0 Å². The van der Waals surface area contributed by atoms with Gasteiger partial charge in [0.25, 0.3) is 0 Å². The van der Waals surface area contributed by atoms with Crippen LogP contribution in [0.4, 0.5) is 17.1 Å². The maximum Gasteiger partial charge on any atom is 0.0714 e. The average Bonchev–Trinajstić information content (AvgIpc) is 4.07. The summed E-state index contributed by atoms with van der Waals surface area (Å²) in [6.45, 7) is 2.43. The van der Waals surface area contributed by atoms with Crippen LogP contribution in [0.15, 0.2) is 267 Å². The van der Waals surface area contributed by atoms with Gasteiger partial charge in [-0.05, 0) is 139 Å². The lowest BCUT2D eigenvalue weighted by Gasteiger charge is -2.35. The highest BCUT2D eigenvalue weighted by atomic mass is 32.1. The van der Waals surface area contributed by atoms with E-state index in [2.05, 4.69) is 279 Å². The number of hydrogen-bond donors (Lipinski definition) is 0. The number of thiophene rings is 1. The summed E-state index contributed by atoms with van der Waals surface area (Å²) in [5.41, 5.74) is 21.4. The van der Waals surface area contributed by atoms with E-state index < -0.39 is 10.8 Å². The topological polar surface area (TPSA) is 3.24 Å². The minimum atomic E-state index is -0.540. The molecule has 1 heterocycles. The molecule has 334 valence electrons. The molecule has 2 heteroatoms. The summed E-state index contributed by atoms with van der Waals surface area (Å²) in [5.74, 6) is 0. The second-order valence-electron chi connectivity index (χ2n) is 19.2. The molecule has 0 spiro atoms. The number of fused-ring (bicyclic) bond motifs is 9. The maximum absolute atomic E-state index is 2.50. The first-order valence-electron chi connectivity index (χ1n) is 24.7. The van der Waals surface area contributed by atoms with Crippen LogP contribution in [0.1, 0.15) is 45.9 Å². The molecular formula is C69H47NS. The summed E-state index contributed by atoms with van der Waals surface area (Å²) in [4.78, 5) is 2.50. The number of nitrogens with zero attached hydrogens (tertiary/aromatic N) is 1. The molecule has 1 atom stereocenters. The lowest BCUT2D eigenvalue weighted by molar-refractivity contribution is 0.714. The van der Waals surface area contributed by atoms with Gasteiger partial charge < -0.3 is 4.90 Å². The van der Waals surface area contributed by atoms with E-state index in [-0.39, 0.29) is 0 Å². The standard InChI is InChI=1S/C69H47NS/c1-68(48-22-8-3-9-23-48)61-33-18-30-54(46-20-6-2-7-21-46)66(61)58-43-41-52(44-62(58)68)70(51-38-36-47(37-39-51)55-31-19-35-65-67(55)59-29-15-17-34-64(59)71-65)53-40-42-57-56-28-14-16-32-60(56)69(63(57)45-53,49-24-10-4-11-25-49)50-26-12-5-13-27-50/h2-45H,1H3. The Hall–Kier alpha value is -8.56. The monoisotopic (exact) mass is 921 g/mol. The van der Waals surface area contributed by atoms with Crippen molar-refractivity contribution >= 4 is 48.6 Å². The second-order valence-corrected chi connectivity index (χ2v) is 20.3. The molecule has 0 radical (unpaired) electrons. The zero-order chi connectivity index (χ0) is 47.1. The van der Waals surface area contributed by atoms with Crippen LogP contribution in [-0.2, 0) is 10.8 Å². The molecule has 0 aliphatic heterocycles.